The summed E-state index contributed by atoms with van der Waals surface area (Å²) in [5, 5.41) is 0. The van der Waals surface area contributed by atoms with Gasteiger partial charge < -0.3 is 9.64 Å². The van der Waals surface area contributed by atoms with Crippen LogP contribution in [0.2, 0.25) is 0 Å². The fourth-order valence-corrected chi connectivity index (χ4v) is 5.04. The molecule has 0 radical (unpaired) electrons. The van der Waals surface area contributed by atoms with Crippen molar-refractivity contribution in [1.82, 2.24) is 0 Å². The number of rotatable bonds is 6. The smallest absolute Gasteiger partial charge is 0.406 e. The van der Waals surface area contributed by atoms with E-state index in [0.717, 1.165) is 15.6 Å². The van der Waals surface area contributed by atoms with Crippen molar-refractivity contribution < 1.29 is 31.1 Å². The number of ether oxygens (including phenoxy) is 1. The lowest BCUT2D eigenvalue weighted by Gasteiger charge is -2.32. The van der Waals surface area contributed by atoms with Gasteiger partial charge in [0, 0.05) is 28.7 Å². The summed E-state index contributed by atoms with van der Waals surface area (Å²) in [5.74, 6) is -0.371. The van der Waals surface area contributed by atoms with Gasteiger partial charge in [-0.25, -0.2) is 0 Å². The molecule has 0 aliphatic carbocycles. The Hall–Kier alpha value is -2.68. The number of anilines is 1. The van der Waals surface area contributed by atoms with Crippen molar-refractivity contribution in [3.63, 3.8) is 0 Å². The van der Waals surface area contributed by atoms with Crippen molar-refractivity contribution >= 4 is 21.6 Å². The van der Waals surface area contributed by atoms with Gasteiger partial charge in [0.1, 0.15) is 5.75 Å². The molecule has 34 heavy (non-hydrogen) atoms. The van der Waals surface area contributed by atoms with E-state index in [0.29, 0.717) is 17.7 Å². The van der Waals surface area contributed by atoms with Crippen LogP contribution in [0, 0.1) is 0 Å². The van der Waals surface area contributed by atoms with Gasteiger partial charge in [-0.3, -0.25) is 0 Å². The highest BCUT2D eigenvalue weighted by molar-refractivity contribution is 9.10. The molecule has 9 heteroatoms. The maximum Gasteiger partial charge on any atom is 0.573 e. The third kappa shape index (κ3) is 5.51. The van der Waals surface area contributed by atoms with E-state index < -0.39 is 24.4 Å². The number of nitrogens with zero attached hydrogens (tertiary/aromatic N) is 1. The van der Waals surface area contributed by atoms with Gasteiger partial charge in [-0.15, -0.1) is 13.2 Å². The maximum absolute atomic E-state index is 13.0. The molecule has 3 aromatic rings. The van der Waals surface area contributed by atoms with Crippen LogP contribution in [0.15, 0.2) is 77.3 Å². The molecule has 2 nitrogen and oxygen atoms in total. The molecule has 4 rings (SSSR count). The van der Waals surface area contributed by atoms with E-state index in [1.807, 2.05) is 30.3 Å². The topological polar surface area (TPSA) is 12.5 Å². The zero-order valence-corrected chi connectivity index (χ0v) is 19.3. The van der Waals surface area contributed by atoms with Crippen LogP contribution in [0.4, 0.5) is 32.0 Å². The second-order valence-electron chi connectivity index (χ2n) is 8.27. The minimum Gasteiger partial charge on any atom is -0.406 e. The van der Waals surface area contributed by atoms with Crippen molar-refractivity contribution in [3.05, 3.63) is 94.0 Å². The second-order valence-corrected chi connectivity index (χ2v) is 9.18. The minimum atomic E-state index is -4.86. The van der Waals surface area contributed by atoms with E-state index in [9.17, 15) is 26.3 Å². The summed E-state index contributed by atoms with van der Waals surface area (Å²) in [6, 6.07) is 20.3. The highest BCUT2D eigenvalue weighted by atomic mass is 79.9. The van der Waals surface area contributed by atoms with E-state index in [4.69, 9.17) is 0 Å². The molecule has 1 unspecified atom stereocenters. The Labute approximate surface area is 201 Å². The van der Waals surface area contributed by atoms with Crippen LogP contribution in [0.25, 0.3) is 0 Å². The SMILES string of the molecule is FC(F)(F)CCN1CC(Cc2cccc(Br)c2)(c2cccc(OC(F)(F)F)c2)c2ccccc21. The average Bonchev–Trinajstić information content (AvgIpc) is 3.06. The molecular weight excluding hydrogens is 524 g/mol. The molecule has 0 bridgehead atoms. The van der Waals surface area contributed by atoms with Crippen LogP contribution < -0.4 is 9.64 Å². The summed E-state index contributed by atoms with van der Waals surface area (Å²) in [4.78, 5) is 1.66. The van der Waals surface area contributed by atoms with E-state index >= 15 is 0 Å². The lowest BCUT2D eigenvalue weighted by Crippen LogP contribution is -2.38. The molecule has 180 valence electrons. The van der Waals surface area contributed by atoms with Crippen molar-refractivity contribution in [2.75, 3.05) is 18.0 Å². The van der Waals surface area contributed by atoms with Crippen LogP contribution in [-0.2, 0) is 11.8 Å². The Morgan fingerprint density at radius 1 is 0.882 bits per heavy atom. The highest BCUT2D eigenvalue weighted by Gasteiger charge is 2.45. The van der Waals surface area contributed by atoms with Gasteiger partial charge in [0.25, 0.3) is 0 Å². The van der Waals surface area contributed by atoms with Gasteiger partial charge in [0.15, 0.2) is 0 Å². The third-order valence-electron chi connectivity index (χ3n) is 5.90. The van der Waals surface area contributed by atoms with Crippen molar-refractivity contribution in [2.24, 2.45) is 0 Å². The Bertz CT molecular complexity index is 1160. The average molecular weight is 544 g/mol. The summed E-state index contributed by atoms with van der Waals surface area (Å²) in [6.07, 6.45) is -9.81. The largest absolute Gasteiger partial charge is 0.573 e. The lowest BCUT2D eigenvalue weighted by molar-refractivity contribution is -0.274. The van der Waals surface area contributed by atoms with Gasteiger partial charge in [0.2, 0.25) is 0 Å². The second kappa shape index (κ2) is 9.17. The van der Waals surface area contributed by atoms with Crippen molar-refractivity contribution in [1.29, 1.82) is 0 Å². The van der Waals surface area contributed by atoms with Gasteiger partial charge in [-0.1, -0.05) is 58.4 Å². The molecule has 0 saturated carbocycles. The first-order valence-corrected chi connectivity index (χ1v) is 11.3. The number of halogens is 7. The minimum absolute atomic E-state index is 0.185. The number of fused-ring (bicyclic) bond motifs is 1. The van der Waals surface area contributed by atoms with Gasteiger partial charge >= 0.3 is 12.5 Å². The molecule has 0 aromatic heterocycles. The Morgan fingerprint density at radius 3 is 2.32 bits per heavy atom. The zero-order chi connectivity index (χ0) is 24.6. The first kappa shape index (κ1) is 24.4. The molecule has 0 saturated heterocycles. The van der Waals surface area contributed by atoms with Crippen LogP contribution in [0.1, 0.15) is 23.1 Å². The summed E-state index contributed by atoms with van der Waals surface area (Å²) in [6.45, 7) is -0.0656. The molecule has 0 N–H and O–H groups in total. The van der Waals surface area contributed by atoms with Gasteiger partial charge in [-0.2, -0.15) is 13.2 Å². The zero-order valence-electron chi connectivity index (χ0n) is 17.8. The normalized spacial score (nSPS) is 18.1. The Morgan fingerprint density at radius 2 is 1.62 bits per heavy atom. The molecule has 1 aliphatic heterocycles. The van der Waals surface area contributed by atoms with E-state index in [1.165, 1.54) is 18.2 Å². The molecule has 0 spiro atoms. The molecule has 1 aliphatic rings. The lowest BCUT2D eigenvalue weighted by atomic mass is 9.71. The molecule has 1 atom stereocenters. The number of benzene rings is 3. The molecule has 0 amide bonds. The maximum atomic E-state index is 13.0. The molecule has 3 aromatic carbocycles. The molecular formula is C25H20BrF6NO. The van der Waals surface area contributed by atoms with Gasteiger partial charge in [0.05, 0.1) is 6.42 Å². The Balaban J connectivity index is 1.83. The predicted molar refractivity (Wildman–Crippen MR) is 121 cm³/mol. The monoisotopic (exact) mass is 543 g/mol. The fraction of sp³-hybridized carbons (Fsp3) is 0.280. The summed E-state index contributed by atoms with van der Waals surface area (Å²) < 4.78 is 82.8. The molecule has 0 fully saturated rings. The standard InChI is InChI=1S/C25H20BrF6NO/c26-19-7-3-5-17(13-19)15-23(18-6-4-8-20(14-18)34-25(30,31)32)16-33(12-11-24(27,28)29)22-10-2-1-9-21(22)23/h1-10,13-14H,11-12,15-16H2. The predicted octanol–water partition coefficient (Wildman–Crippen LogP) is 7.65. The quantitative estimate of drug-likeness (QED) is 0.296. The summed E-state index contributed by atoms with van der Waals surface area (Å²) >= 11 is 3.44. The number of para-hydroxylation sites is 1. The first-order valence-electron chi connectivity index (χ1n) is 10.5. The van der Waals surface area contributed by atoms with E-state index in [-0.39, 0.29) is 18.8 Å². The van der Waals surface area contributed by atoms with Crippen molar-refractivity contribution in [2.45, 2.75) is 30.8 Å². The fourth-order valence-electron chi connectivity index (χ4n) is 4.60. The van der Waals surface area contributed by atoms with Crippen LogP contribution >= 0.6 is 15.9 Å². The Kier molecular flexibility index (Phi) is 6.59. The van der Waals surface area contributed by atoms with Gasteiger partial charge in [-0.05, 0) is 53.4 Å². The van der Waals surface area contributed by atoms with Crippen LogP contribution in [-0.4, -0.2) is 25.6 Å². The number of hydrogen-bond acceptors (Lipinski definition) is 2. The number of hydrogen-bond donors (Lipinski definition) is 0. The summed E-state index contributed by atoms with van der Waals surface area (Å²) in [7, 11) is 0. The third-order valence-corrected chi connectivity index (χ3v) is 6.39. The van der Waals surface area contributed by atoms with Crippen LogP contribution in [0.5, 0.6) is 5.75 Å². The van der Waals surface area contributed by atoms with Crippen LogP contribution in [0.3, 0.4) is 0 Å². The first-order chi connectivity index (χ1) is 16.0. The summed E-state index contributed by atoms with van der Waals surface area (Å²) in [5.41, 5.74) is 1.96. The van der Waals surface area contributed by atoms with E-state index in [1.54, 1.807) is 29.2 Å². The van der Waals surface area contributed by atoms with Crippen molar-refractivity contribution in [3.8, 4) is 5.75 Å². The molecule has 1 heterocycles. The van der Waals surface area contributed by atoms with E-state index in [2.05, 4.69) is 20.7 Å². The number of alkyl halides is 6. The highest BCUT2D eigenvalue weighted by Crippen LogP contribution is 2.48.